The van der Waals surface area contributed by atoms with Crippen LogP contribution in [0.15, 0.2) is 48.5 Å². The molecular formula is C21H23ClFNO. The highest BCUT2D eigenvalue weighted by Crippen LogP contribution is 2.39. The molecule has 1 aliphatic carbocycles. The van der Waals surface area contributed by atoms with Gasteiger partial charge in [0.05, 0.1) is 5.41 Å². The molecule has 4 heteroatoms. The molecule has 1 fully saturated rings. The normalized spacial score (nSPS) is 16.9. The van der Waals surface area contributed by atoms with Gasteiger partial charge in [-0.2, -0.15) is 0 Å². The molecule has 1 N–H and O–H groups in total. The Labute approximate surface area is 153 Å². The molecule has 2 aromatic rings. The van der Waals surface area contributed by atoms with Crippen LogP contribution in [0.3, 0.4) is 0 Å². The van der Waals surface area contributed by atoms with Crippen LogP contribution in [0, 0.1) is 5.82 Å². The van der Waals surface area contributed by atoms with Crippen molar-refractivity contribution in [2.45, 2.75) is 50.5 Å². The summed E-state index contributed by atoms with van der Waals surface area (Å²) in [4.78, 5) is 13.2. The van der Waals surface area contributed by atoms with E-state index in [2.05, 4.69) is 5.32 Å². The predicted molar refractivity (Wildman–Crippen MR) is 99.1 cm³/mol. The third-order valence-corrected chi connectivity index (χ3v) is 5.39. The summed E-state index contributed by atoms with van der Waals surface area (Å²) >= 11 is 5.91. The van der Waals surface area contributed by atoms with Crippen molar-refractivity contribution < 1.29 is 9.18 Å². The summed E-state index contributed by atoms with van der Waals surface area (Å²) in [5, 5.41) is 3.75. The summed E-state index contributed by atoms with van der Waals surface area (Å²) in [5.41, 5.74) is 1.16. The number of benzene rings is 2. The van der Waals surface area contributed by atoms with Gasteiger partial charge in [0, 0.05) is 11.6 Å². The lowest BCUT2D eigenvalue weighted by Gasteiger charge is -2.32. The fraction of sp³-hybridized carbons (Fsp3) is 0.381. The Bertz CT molecular complexity index is 721. The molecule has 2 aromatic carbocycles. The highest BCUT2D eigenvalue weighted by molar-refractivity contribution is 6.30. The summed E-state index contributed by atoms with van der Waals surface area (Å²) in [5.74, 6) is -0.290. The fourth-order valence-electron chi connectivity index (χ4n) is 3.72. The molecule has 1 amide bonds. The maximum Gasteiger partial charge on any atom is 0.230 e. The van der Waals surface area contributed by atoms with E-state index < -0.39 is 5.41 Å². The lowest BCUT2D eigenvalue weighted by atomic mass is 9.73. The van der Waals surface area contributed by atoms with Gasteiger partial charge < -0.3 is 5.32 Å². The van der Waals surface area contributed by atoms with Gasteiger partial charge in [-0.15, -0.1) is 0 Å². The van der Waals surface area contributed by atoms with Gasteiger partial charge in [0.1, 0.15) is 5.82 Å². The van der Waals surface area contributed by atoms with Gasteiger partial charge >= 0.3 is 0 Å². The molecule has 0 saturated heterocycles. The molecular weight excluding hydrogens is 337 g/mol. The first-order valence-corrected chi connectivity index (χ1v) is 9.27. The predicted octanol–water partition coefficient (Wildman–Crippen LogP) is 5.39. The van der Waals surface area contributed by atoms with Gasteiger partial charge in [0.15, 0.2) is 0 Å². The van der Waals surface area contributed by atoms with Crippen molar-refractivity contribution in [1.82, 2.24) is 5.32 Å². The number of carbonyl (C=O) groups excluding carboxylic acids is 1. The molecule has 0 bridgehead atoms. The summed E-state index contributed by atoms with van der Waals surface area (Å²) in [6, 6.07) is 14.0. The minimum atomic E-state index is -0.634. The number of hydrogen-bond acceptors (Lipinski definition) is 1. The molecule has 0 spiro atoms. The maximum atomic E-state index is 13.8. The first kappa shape index (κ1) is 17.9. The second kappa shape index (κ2) is 8.01. The molecule has 1 saturated carbocycles. The summed E-state index contributed by atoms with van der Waals surface area (Å²) < 4.78 is 13.8. The first-order valence-electron chi connectivity index (χ1n) is 8.89. The minimum Gasteiger partial charge on any atom is -0.351 e. The topological polar surface area (TPSA) is 29.1 Å². The summed E-state index contributed by atoms with van der Waals surface area (Å²) in [6.45, 7) is 0.451. The molecule has 3 rings (SSSR count). The van der Waals surface area contributed by atoms with Crippen LogP contribution in [0.5, 0.6) is 0 Å². The van der Waals surface area contributed by atoms with Crippen LogP contribution in [0.4, 0.5) is 4.39 Å². The highest BCUT2D eigenvalue weighted by Gasteiger charge is 2.40. The SMILES string of the molecule is O=C(NCc1ccc(Cl)cc1)C1(c2cccc(F)c2)CCCCCC1. The number of nitrogens with one attached hydrogen (secondary N) is 1. The van der Waals surface area contributed by atoms with Crippen LogP contribution >= 0.6 is 11.6 Å². The zero-order valence-electron chi connectivity index (χ0n) is 14.2. The molecule has 0 aromatic heterocycles. The van der Waals surface area contributed by atoms with Gasteiger partial charge in [0.2, 0.25) is 5.91 Å². The van der Waals surface area contributed by atoms with E-state index in [4.69, 9.17) is 11.6 Å². The van der Waals surface area contributed by atoms with E-state index in [9.17, 15) is 9.18 Å². The number of amides is 1. The summed E-state index contributed by atoms with van der Waals surface area (Å²) in [7, 11) is 0. The Balaban J connectivity index is 1.83. The van der Waals surface area contributed by atoms with Crippen LogP contribution in [0.25, 0.3) is 0 Å². The smallest absolute Gasteiger partial charge is 0.230 e. The lowest BCUT2D eigenvalue weighted by Crippen LogP contribution is -2.44. The van der Waals surface area contributed by atoms with Crippen LogP contribution in [-0.2, 0) is 16.8 Å². The van der Waals surface area contributed by atoms with E-state index >= 15 is 0 Å². The van der Waals surface area contributed by atoms with E-state index in [1.165, 1.54) is 12.1 Å². The van der Waals surface area contributed by atoms with Crippen molar-refractivity contribution >= 4 is 17.5 Å². The molecule has 0 heterocycles. The second-order valence-electron chi connectivity index (χ2n) is 6.82. The lowest BCUT2D eigenvalue weighted by molar-refractivity contribution is -0.127. The van der Waals surface area contributed by atoms with Gasteiger partial charge in [0.25, 0.3) is 0 Å². The molecule has 132 valence electrons. The molecule has 1 aliphatic rings. The van der Waals surface area contributed by atoms with Crippen molar-refractivity contribution in [2.24, 2.45) is 0 Å². The number of halogens is 2. The second-order valence-corrected chi connectivity index (χ2v) is 7.25. The Morgan fingerprint density at radius 2 is 1.72 bits per heavy atom. The van der Waals surface area contributed by atoms with E-state index in [1.54, 1.807) is 6.07 Å². The van der Waals surface area contributed by atoms with Crippen molar-refractivity contribution in [3.8, 4) is 0 Å². The molecule has 25 heavy (non-hydrogen) atoms. The zero-order chi connectivity index (χ0) is 17.7. The standard InChI is InChI=1S/C21H23ClFNO/c22-18-10-8-16(9-11-18)15-24-20(25)21(12-3-1-2-4-13-21)17-6-5-7-19(23)14-17/h5-11,14H,1-4,12-13,15H2,(H,24,25). The Morgan fingerprint density at radius 3 is 2.36 bits per heavy atom. The largest absolute Gasteiger partial charge is 0.351 e. The Kier molecular flexibility index (Phi) is 5.74. The maximum absolute atomic E-state index is 13.8. The van der Waals surface area contributed by atoms with E-state index in [0.29, 0.717) is 11.6 Å². The van der Waals surface area contributed by atoms with Crippen LogP contribution in [0.2, 0.25) is 5.02 Å². The van der Waals surface area contributed by atoms with E-state index in [0.717, 1.165) is 49.7 Å². The van der Waals surface area contributed by atoms with Crippen LogP contribution in [0.1, 0.15) is 49.7 Å². The monoisotopic (exact) mass is 359 g/mol. The Hall–Kier alpha value is -1.87. The molecule has 0 radical (unpaired) electrons. The van der Waals surface area contributed by atoms with Gasteiger partial charge in [-0.3, -0.25) is 4.79 Å². The first-order chi connectivity index (χ1) is 12.1. The third-order valence-electron chi connectivity index (χ3n) is 5.14. The molecule has 2 nitrogen and oxygen atoms in total. The van der Waals surface area contributed by atoms with Crippen molar-refractivity contribution in [2.75, 3.05) is 0 Å². The van der Waals surface area contributed by atoms with Gasteiger partial charge in [-0.1, -0.05) is 61.5 Å². The number of carbonyl (C=O) groups is 1. The van der Waals surface area contributed by atoms with Crippen molar-refractivity contribution in [1.29, 1.82) is 0 Å². The van der Waals surface area contributed by atoms with E-state index in [-0.39, 0.29) is 11.7 Å². The van der Waals surface area contributed by atoms with Crippen LogP contribution < -0.4 is 5.32 Å². The molecule has 0 unspecified atom stereocenters. The Morgan fingerprint density at radius 1 is 1.04 bits per heavy atom. The number of hydrogen-bond donors (Lipinski definition) is 1. The van der Waals surface area contributed by atoms with Gasteiger partial charge in [-0.05, 0) is 48.2 Å². The average Bonchev–Trinajstić information content (AvgIpc) is 2.88. The number of rotatable bonds is 4. The zero-order valence-corrected chi connectivity index (χ0v) is 15.0. The van der Waals surface area contributed by atoms with E-state index in [1.807, 2.05) is 30.3 Å². The highest BCUT2D eigenvalue weighted by atomic mass is 35.5. The van der Waals surface area contributed by atoms with Crippen molar-refractivity contribution in [3.05, 3.63) is 70.5 Å². The summed E-state index contributed by atoms with van der Waals surface area (Å²) in [6.07, 6.45) is 5.77. The fourth-order valence-corrected chi connectivity index (χ4v) is 3.84. The van der Waals surface area contributed by atoms with Gasteiger partial charge in [-0.25, -0.2) is 4.39 Å². The molecule has 0 atom stereocenters. The molecule has 0 aliphatic heterocycles. The third kappa shape index (κ3) is 4.21. The van der Waals surface area contributed by atoms with Crippen LogP contribution in [-0.4, -0.2) is 5.91 Å². The van der Waals surface area contributed by atoms with Crippen molar-refractivity contribution in [3.63, 3.8) is 0 Å². The minimum absolute atomic E-state index is 0.00468. The average molecular weight is 360 g/mol. The quantitative estimate of drug-likeness (QED) is 0.729.